The van der Waals surface area contributed by atoms with E-state index in [9.17, 15) is 4.79 Å². The second kappa shape index (κ2) is 12.8. The van der Waals surface area contributed by atoms with Gasteiger partial charge in [-0.05, 0) is 31.2 Å². The summed E-state index contributed by atoms with van der Waals surface area (Å²) in [4.78, 5) is 17.4. The molecule has 0 aliphatic rings. The Bertz CT molecular complexity index is 564. The summed E-state index contributed by atoms with van der Waals surface area (Å²) in [5.41, 5.74) is 0. The molecule has 0 aromatic heterocycles. The van der Waals surface area contributed by atoms with Crippen LogP contribution >= 0.6 is 35.6 Å². The predicted molar refractivity (Wildman–Crippen MR) is 114 cm³/mol. The van der Waals surface area contributed by atoms with E-state index in [0.29, 0.717) is 24.1 Å². The molecule has 1 aromatic carbocycles. The van der Waals surface area contributed by atoms with Crippen LogP contribution in [0.4, 0.5) is 0 Å². The molecular formula is C17H26ClIN4O2. The first-order valence-electron chi connectivity index (χ1n) is 7.67. The maximum absolute atomic E-state index is 11.6. The van der Waals surface area contributed by atoms with Crippen molar-refractivity contribution in [2.45, 2.75) is 13.0 Å². The zero-order chi connectivity index (χ0) is 17.9. The zero-order valence-electron chi connectivity index (χ0n) is 14.8. The molecule has 1 atom stereocenters. The van der Waals surface area contributed by atoms with Crippen LogP contribution in [0.3, 0.4) is 0 Å². The lowest BCUT2D eigenvalue weighted by Crippen LogP contribution is -2.42. The Morgan fingerprint density at radius 2 is 2.00 bits per heavy atom. The standard InChI is InChI=1S/C17H25ClN4O2.HI/c1-5-10-19-17(21-12-16(23)22(3)4)20-11-13(2)24-15-8-6-14(18)7-9-15;/h5-9,13H,1,10-12H2,2-4H3,(H2,19,20,21);1H. The third kappa shape index (κ3) is 10.2. The van der Waals surface area contributed by atoms with E-state index >= 15 is 0 Å². The van der Waals surface area contributed by atoms with E-state index in [1.54, 1.807) is 32.3 Å². The van der Waals surface area contributed by atoms with Crippen molar-refractivity contribution in [3.05, 3.63) is 41.9 Å². The molecule has 25 heavy (non-hydrogen) atoms. The maximum Gasteiger partial charge on any atom is 0.243 e. The van der Waals surface area contributed by atoms with E-state index < -0.39 is 0 Å². The molecule has 1 aromatic rings. The van der Waals surface area contributed by atoms with Gasteiger partial charge in [-0.25, -0.2) is 4.99 Å². The van der Waals surface area contributed by atoms with Crippen LogP contribution in [0.5, 0.6) is 5.75 Å². The van der Waals surface area contributed by atoms with E-state index in [1.807, 2.05) is 19.1 Å². The minimum absolute atomic E-state index is 0. The number of aliphatic imine (C=N–C) groups is 1. The van der Waals surface area contributed by atoms with Gasteiger partial charge in [0.15, 0.2) is 5.96 Å². The van der Waals surface area contributed by atoms with Crippen LogP contribution in [-0.4, -0.2) is 56.6 Å². The molecule has 1 unspecified atom stereocenters. The van der Waals surface area contributed by atoms with Gasteiger partial charge in [-0.15, -0.1) is 30.6 Å². The molecule has 1 amide bonds. The SMILES string of the molecule is C=CCNC(=NCC(=O)N(C)C)NCC(C)Oc1ccc(Cl)cc1.I. The fourth-order valence-corrected chi connectivity index (χ4v) is 1.78. The first-order chi connectivity index (χ1) is 11.4. The summed E-state index contributed by atoms with van der Waals surface area (Å²) < 4.78 is 5.79. The Labute approximate surface area is 171 Å². The minimum atomic E-state index is -0.0912. The minimum Gasteiger partial charge on any atom is -0.489 e. The summed E-state index contributed by atoms with van der Waals surface area (Å²) in [6.07, 6.45) is 1.63. The summed E-state index contributed by atoms with van der Waals surface area (Å²) in [7, 11) is 3.40. The largest absolute Gasteiger partial charge is 0.489 e. The number of nitrogens with one attached hydrogen (secondary N) is 2. The second-order valence-corrected chi connectivity index (χ2v) is 5.82. The topological polar surface area (TPSA) is 66.0 Å². The lowest BCUT2D eigenvalue weighted by Gasteiger charge is -2.18. The van der Waals surface area contributed by atoms with Crippen LogP contribution in [0.15, 0.2) is 41.9 Å². The summed E-state index contributed by atoms with van der Waals surface area (Å²) >= 11 is 5.85. The molecule has 0 heterocycles. The number of benzene rings is 1. The van der Waals surface area contributed by atoms with Crippen LogP contribution in [0.2, 0.25) is 5.02 Å². The van der Waals surface area contributed by atoms with Gasteiger partial charge in [-0.1, -0.05) is 17.7 Å². The van der Waals surface area contributed by atoms with Gasteiger partial charge >= 0.3 is 0 Å². The van der Waals surface area contributed by atoms with E-state index in [-0.39, 0.29) is 42.5 Å². The van der Waals surface area contributed by atoms with Crippen LogP contribution in [-0.2, 0) is 4.79 Å². The van der Waals surface area contributed by atoms with Crippen molar-refractivity contribution in [3.63, 3.8) is 0 Å². The lowest BCUT2D eigenvalue weighted by atomic mass is 10.3. The molecule has 0 aliphatic carbocycles. The number of hydrogen-bond donors (Lipinski definition) is 2. The normalized spacial score (nSPS) is 11.8. The molecule has 1 rings (SSSR count). The number of carbonyl (C=O) groups excluding carboxylic acids is 1. The van der Waals surface area contributed by atoms with Crippen molar-refractivity contribution in [2.24, 2.45) is 4.99 Å². The Kier molecular flexibility index (Phi) is 12.1. The van der Waals surface area contributed by atoms with Crippen molar-refractivity contribution in [1.29, 1.82) is 0 Å². The van der Waals surface area contributed by atoms with Gasteiger partial charge in [0.2, 0.25) is 5.91 Å². The van der Waals surface area contributed by atoms with Gasteiger partial charge in [-0.2, -0.15) is 0 Å². The van der Waals surface area contributed by atoms with Crippen molar-refractivity contribution in [2.75, 3.05) is 33.7 Å². The number of ether oxygens (including phenoxy) is 1. The number of likely N-dealkylation sites (N-methyl/N-ethyl adjacent to an activating group) is 1. The predicted octanol–water partition coefficient (Wildman–Crippen LogP) is 2.53. The van der Waals surface area contributed by atoms with Crippen LogP contribution in [0.1, 0.15) is 6.92 Å². The smallest absolute Gasteiger partial charge is 0.243 e. The van der Waals surface area contributed by atoms with E-state index in [0.717, 1.165) is 5.75 Å². The Balaban J connectivity index is 0.00000576. The quantitative estimate of drug-likeness (QED) is 0.260. The lowest BCUT2D eigenvalue weighted by molar-refractivity contribution is -0.127. The van der Waals surface area contributed by atoms with E-state index in [2.05, 4.69) is 22.2 Å². The fourth-order valence-electron chi connectivity index (χ4n) is 1.66. The van der Waals surface area contributed by atoms with Gasteiger partial charge in [0.25, 0.3) is 0 Å². The van der Waals surface area contributed by atoms with Crippen LogP contribution in [0, 0.1) is 0 Å². The summed E-state index contributed by atoms with van der Waals surface area (Å²) in [5, 5.41) is 6.89. The van der Waals surface area contributed by atoms with Gasteiger partial charge in [0.1, 0.15) is 18.4 Å². The molecular weight excluding hydrogens is 455 g/mol. The number of rotatable bonds is 8. The van der Waals surface area contributed by atoms with Gasteiger partial charge in [-0.3, -0.25) is 4.79 Å². The van der Waals surface area contributed by atoms with E-state index in [1.165, 1.54) is 4.90 Å². The number of hydrogen-bond acceptors (Lipinski definition) is 3. The molecule has 0 saturated heterocycles. The van der Waals surface area contributed by atoms with Crippen molar-refractivity contribution in [3.8, 4) is 5.75 Å². The fraction of sp³-hybridized carbons (Fsp3) is 0.412. The van der Waals surface area contributed by atoms with Gasteiger partial charge < -0.3 is 20.3 Å². The molecule has 6 nitrogen and oxygen atoms in total. The van der Waals surface area contributed by atoms with Crippen LogP contribution < -0.4 is 15.4 Å². The first-order valence-corrected chi connectivity index (χ1v) is 8.05. The molecule has 0 radical (unpaired) electrons. The molecule has 8 heteroatoms. The third-order valence-electron chi connectivity index (χ3n) is 2.99. The summed E-state index contributed by atoms with van der Waals surface area (Å²) in [5.74, 6) is 1.21. The van der Waals surface area contributed by atoms with Crippen LogP contribution in [0.25, 0.3) is 0 Å². The summed E-state index contributed by atoms with van der Waals surface area (Å²) in [6.45, 7) is 6.76. The van der Waals surface area contributed by atoms with Gasteiger partial charge in [0.05, 0.1) is 6.54 Å². The molecule has 0 bridgehead atoms. The highest BCUT2D eigenvalue weighted by Gasteiger charge is 2.07. The Hall–Kier alpha value is -1.48. The molecule has 2 N–H and O–H groups in total. The van der Waals surface area contributed by atoms with Gasteiger partial charge in [0, 0.05) is 25.7 Å². The molecule has 0 fully saturated rings. The molecule has 0 aliphatic heterocycles. The average molecular weight is 481 g/mol. The summed E-state index contributed by atoms with van der Waals surface area (Å²) in [6, 6.07) is 7.20. The average Bonchev–Trinajstić information content (AvgIpc) is 2.55. The number of halogens is 2. The second-order valence-electron chi connectivity index (χ2n) is 5.39. The maximum atomic E-state index is 11.6. The highest BCUT2D eigenvalue weighted by molar-refractivity contribution is 14.0. The third-order valence-corrected chi connectivity index (χ3v) is 3.24. The zero-order valence-corrected chi connectivity index (χ0v) is 17.9. The number of guanidine groups is 1. The van der Waals surface area contributed by atoms with Crippen molar-refractivity contribution < 1.29 is 9.53 Å². The van der Waals surface area contributed by atoms with Crippen molar-refractivity contribution >= 4 is 47.4 Å². The number of carbonyl (C=O) groups is 1. The molecule has 0 spiro atoms. The molecule has 0 saturated carbocycles. The highest BCUT2D eigenvalue weighted by atomic mass is 127. The van der Waals surface area contributed by atoms with Crippen molar-refractivity contribution in [1.82, 2.24) is 15.5 Å². The Morgan fingerprint density at radius 1 is 1.36 bits per heavy atom. The Morgan fingerprint density at radius 3 is 2.56 bits per heavy atom. The van der Waals surface area contributed by atoms with E-state index in [4.69, 9.17) is 16.3 Å². The number of amides is 1. The molecule has 140 valence electrons. The number of nitrogens with zero attached hydrogens (tertiary/aromatic N) is 2. The monoisotopic (exact) mass is 480 g/mol. The highest BCUT2D eigenvalue weighted by Crippen LogP contribution is 2.16. The first kappa shape index (κ1) is 23.5.